The number of unbranched alkanes of at least 4 members (excludes halogenated alkanes) is 1. The maximum absolute atomic E-state index is 14.9. The van der Waals surface area contributed by atoms with Gasteiger partial charge in [0.25, 0.3) is 0 Å². The number of aromatic hydroxyl groups is 1. The van der Waals surface area contributed by atoms with Crippen molar-refractivity contribution < 1.29 is 77.6 Å². The zero-order valence-electron chi connectivity index (χ0n) is 51.7. The fourth-order valence-electron chi connectivity index (χ4n) is 9.92. The number of hydrogen-bond acceptors (Lipinski definition) is 20. The summed E-state index contributed by atoms with van der Waals surface area (Å²) in [6.45, 7) is 5.23. The zero-order valence-corrected chi connectivity index (χ0v) is 54.9. The second kappa shape index (κ2) is 38.6. The maximum atomic E-state index is 14.9. The van der Waals surface area contributed by atoms with Gasteiger partial charge in [-0.05, 0) is 61.8 Å². The number of nitrogens with zero attached hydrogens (tertiary/aromatic N) is 1. The SMILES string of the molecule is CCCC[C@@H]1NC(=O)[C@H](CO)NC(=O)[C@@H]2CSSC[C@@H](C(=O)O)NC(=O)[C@H](Cc3ccc(O)cc3)NC(=O)[C@H](CCC)NC(=O)[C@H](CC)NC(=O)[C@H](Cc3ccccc3)NC(=O)[C@H](CSSC[C@H](NC(=O)CN)C(=O)N2)NC(=O)[C@H](CC)NC(=O)[C@@H]2CCCN2C1=O. The lowest BCUT2D eigenvalue weighted by atomic mass is 10.0. The van der Waals surface area contributed by atoms with E-state index in [-0.39, 0.29) is 68.7 Å². The summed E-state index contributed by atoms with van der Waals surface area (Å²) in [7, 11) is 3.54. The monoisotopic (exact) mass is 1360 g/mol. The van der Waals surface area contributed by atoms with Crippen LogP contribution in [0.3, 0.4) is 0 Å². The number of benzene rings is 2. The first-order valence-corrected chi connectivity index (χ1v) is 35.5. The van der Waals surface area contributed by atoms with Gasteiger partial charge in [0.15, 0.2) is 0 Å². The highest BCUT2D eigenvalue weighted by molar-refractivity contribution is 8.77. The van der Waals surface area contributed by atoms with E-state index in [2.05, 4.69) is 58.5 Å². The summed E-state index contributed by atoms with van der Waals surface area (Å²) < 4.78 is 0. The number of aliphatic carboxylic acids is 1. The topological polar surface area (TPSA) is 444 Å². The lowest BCUT2D eigenvalue weighted by Crippen LogP contribution is -2.61. The van der Waals surface area contributed by atoms with Crippen LogP contribution < -0.4 is 64.2 Å². The summed E-state index contributed by atoms with van der Waals surface area (Å²) in [5, 5.41) is 59.8. The molecule has 0 unspecified atom stereocenters. The highest BCUT2D eigenvalue weighted by Gasteiger charge is 2.41. The Morgan fingerprint density at radius 2 is 1.01 bits per heavy atom. The van der Waals surface area contributed by atoms with Crippen molar-refractivity contribution in [2.75, 3.05) is 42.7 Å². The molecule has 3 heterocycles. The Labute approximate surface area is 549 Å². The van der Waals surface area contributed by atoms with Gasteiger partial charge in [-0.25, -0.2) is 4.79 Å². The van der Waals surface area contributed by atoms with E-state index in [1.807, 2.05) is 6.92 Å². The molecule has 2 bridgehead atoms. The Bertz CT molecular complexity index is 2900. The minimum Gasteiger partial charge on any atom is -0.508 e. The molecule has 2 aromatic rings. The number of phenolic OH excluding ortho intramolecular Hbond substituents is 1. The summed E-state index contributed by atoms with van der Waals surface area (Å²) >= 11 is 0. The van der Waals surface area contributed by atoms with Crippen LogP contribution in [0.15, 0.2) is 54.6 Å². The van der Waals surface area contributed by atoms with Gasteiger partial charge >= 0.3 is 5.97 Å². The van der Waals surface area contributed by atoms with Crippen molar-refractivity contribution in [3.8, 4) is 5.75 Å². The molecule has 12 atom stereocenters. The highest BCUT2D eigenvalue weighted by atomic mass is 33.1. The van der Waals surface area contributed by atoms with Crippen LogP contribution in [0.4, 0.5) is 0 Å². The number of phenols is 1. The van der Waals surface area contributed by atoms with Gasteiger partial charge in [-0.3, -0.25) is 57.5 Å². The van der Waals surface area contributed by atoms with Crippen LogP contribution in [-0.2, 0) is 75.2 Å². The average Bonchev–Trinajstić information content (AvgIpc) is 1.73. The van der Waals surface area contributed by atoms with Gasteiger partial charge < -0.3 is 84.4 Å². The predicted octanol–water partition coefficient (Wildman–Crippen LogP) is -1.86. The number of carbonyl (C=O) groups excluding carboxylic acids is 12. The molecule has 0 aliphatic carbocycles. The molecule has 5 rings (SSSR count). The predicted molar refractivity (Wildman–Crippen MR) is 347 cm³/mol. The molecule has 16 N–H and O–H groups in total. The molecule has 33 heteroatoms. The second-order valence-electron chi connectivity index (χ2n) is 22.1. The van der Waals surface area contributed by atoms with Crippen molar-refractivity contribution in [1.82, 2.24) is 63.4 Å². The van der Waals surface area contributed by atoms with Gasteiger partial charge in [-0.15, -0.1) is 0 Å². The van der Waals surface area contributed by atoms with Crippen molar-refractivity contribution in [2.24, 2.45) is 5.73 Å². The van der Waals surface area contributed by atoms with Gasteiger partial charge in [0.05, 0.1) is 13.2 Å². The van der Waals surface area contributed by atoms with Crippen LogP contribution in [0.1, 0.15) is 96.6 Å². The summed E-state index contributed by atoms with van der Waals surface area (Å²) in [5.74, 6) is -13.6. The van der Waals surface area contributed by atoms with E-state index in [1.165, 1.54) is 29.2 Å². The normalized spacial score (nSPS) is 27.2. The van der Waals surface area contributed by atoms with Gasteiger partial charge in [-0.1, -0.05) is 133 Å². The van der Waals surface area contributed by atoms with Crippen LogP contribution in [0.25, 0.3) is 0 Å². The average molecular weight is 1360 g/mol. The van der Waals surface area contributed by atoms with Gasteiger partial charge in [0.2, 0.25) is 70.9 Å². The van der Waals surface area contributed by atoms with Crippen LogP contribution in [-0.4, -0.2) is 212 Å². The van der Waals surface area contributed by atoms with Crippen LogP contribution in [0, 0.1) is 0 Å². The Hall–Kier alpha value is -7.33. The highest BCUT2D eigenvalue weighted by Crippen LogP contribution is 2.27. The molecule has 3 saturated heterocycles. The van der Waals surface area contributed by atoms with Crippen LogP contribution >= 0.6 is 43.2 Å². The summed E-state index contributed by atoms with van der Waals surface area (Å²) in [6, 6.07) is -3.30. The van der Waals surface area contributed by atoms with E-state index >= 15 is 0 Å². The largest absolute Gasteiger partial charge is 0.508 e. The number of carboxylic acid groups (broad SMARTS) is 1. The van der Waals surface area contributed by atoms with Crippen molar-refractivity contribution in [3.05, 3.63) is 65.7 Å². The number of aliphatic hydroxyl groups is 1. The molecule has 2 aromatic carbocycles. The molecule has 92 heavy (non-hydrogen) atoms. The number of aliphatic hydroxyl groups excluding tert-OH is 1. The third-order valence-electron chi connectivity index (χ3n) is 15.2. The number of nitrogens with two attached hydrogens (primary N) is 1. The number of fused-ring (bicyclic) bond motifs is 9. The maximum Gasteiger partial charge on any atom is 0.327 e. The molecular weight excluding hydrogens is 1270 g/mol. The standard InChI is InChI=1S/C59H85N13O16S4/c1-5-9-17-38-58(86)72-23-13-18-46(72)57(85)63-36(8-4)49(77)69-43-29-90-89-28-42(61-47(75)26-60)54(82)70-44(56(84)68-41(27-73)53(81)65-38)30-91-92-31-45(59(87)88)71-52(80)40(25-33-19-21-34(74)22-20-33)66-50(78)37(14-6-2)64-48(76)35(7-3)62-51(79)39(67-55(43)83)24-32-15-11-10-12-16-32/h10-12,15-16,19-22,35-46,73-74H,5-9,13-14,17-18,23-31,60H2,1-4H3,(H,61,75)(H,62,79)(H,63,85)(H,64,76)(H,65,81)(H,66,78)(H,67,83)(H,68,84)(H,69,77)(H,70,82)(H,71,80)(H,87,88)/t35-,36-,37-,38-,39-,40-,41-,42-,43-,44-,45-,46-/m0/s1. The number of carboxylic acids is 1. The molecule has 0 saturated carbocycles. The molecule has 3 aliphatic heterocycles. The Balaban J connectivity index is 1.66. The molecule has 29 nitrogen and oxygen atoms in total. The van der Waals surface area contributed by atoms with Gasteiger partial charge in [0, 0.05) is 42.4 Å². The number of amides is 12. The molecule has 12 amide bonds. The minimum absolute atomic E-state index is 0.0212. The molecule has 3 fully saturated rings. The molecule has 0 radical (unpaired) electrons. The first-order valence-electron chi connectivity index (χ1n) is 30.5. The molecule has 0 spiro atoms. The fraction of sp³-hybridized carbons (Fsp3) is 0.576. The summed E-state index contributed by atoms with van der Waals surface area (Å²) in [5.41, 5.74) is 6.65. The number of carbonyl (C=O) groups is 13. The van der Waals surface area contributed by atoms with Crippen molar-refractivity contribution >= 4 is 120 Å². The Morgan fingerprint density at radius 1 is 0.533 bits per heavy atom. The van der Waals surface area contributed by atoms with Gasteiger partial charge in [-0.2, -0.15) is 0 Å². The Morgan fingerprint density at radius 3 is 1.59 bits per heavy atom. The molecule has 3 aliphatic rings. The third-order valence-corrected chi connectivity index (χ3v) is 20.0. The lowest BCUT2D eigenvalue weighted by Gasteiger charge is -2.31. The molecular formula is C59H85N13O16S4. The van der Waals surface area contributed by atoms with Crippen molar-refractivity contribution in [2.45, 2.75) is 171 Å². The smallest absolute Gasteiger partial charge is 0.327 e. The Kier molecular flexibility index (Phi) is 31.7. The van der Waals surface area contributed by atoms with Gasteiger partial charge in [0.1, 0.15) is 78.3 Å². The summed E-state index contributed by atoms with van der Waals surface area (Å²) in [6.07, 6.45) is 1.45. The van der Waals surface area contributed by atoms with E-state index in [9.17, 15) is 77.6 Å². The fourth-order valence-corrected chi connectivity index (χ4v) is 14.6. The van der Waals surface area contributed by atoms with E-state index in [1.54, 1.807) is 51.1 Å². The minimum atomic E-state index is -1.75. The zero-order chi connectivity index (χ0) is 67.4. The third kappa shape index (κ3) is 23.4. The molecule has 506 valence electrons. The van der Waals surface area contributed by atoms with E-state index < -0.39 is 174 Å². The number of nitrogens with one attached hydrogen (secondary N) is 11. The lowest BCUT2D eigenvalue weighted by molar-refractivity contribution is -0.143. The van der Waals surface area contributed by atoms with Crippen LogP contribution in [0.5, 0.6) is 5.75 Å². The van der Waals surface area contributed by atoms with E-state index in [4.69, 9.17) is 5.73 Å². The number of rotatable bonds is 15. The van der Waals surface area contributed by atoms with Crippen LogP contribution in [0.2, 0.25) is 0 Å². The first kappa shape index (κ1) is 75.4. The van der Waals surface area contributed by atoms with E-state index in [0.29, 0.717) is 36.8 Å². The summed E-state index contributed by atoms with van der Waals surface area (Å²) in [4.78, 5) is 186. The van der Waals surface area contributed by atoms with Crippen molar-refractivity contribution in [3.63, 3.8) is 0 Å². The second-order valence-corrected chi connectivity index (χ2v) is 27.2. The van der Waals surface area contributed by atoms with E-state index in [0.717, 1.165) is 43.2 Å². The first-order chi connectivity index (χ1) is 44.0. The quantitative estimate of drug-likeness (QED) is 0.0869. The number of hydrogen-bond donors (Lipinski definition) is 15. The van der Waals surface area contributed by atoms with Crippen molar-refractivity contribution in [1.29, 1.82) is 0 Å². The molecule has 0 aromatic heterocycles.